The molecule has 5 nitrogen and oxygen atoms in total. The number of anilines is 1. The van der Waals surface area contributed by atoms with Crippen molar-refractivity contribution < 1.29 is 14.6 Å². The first-order valence-electron chi connectivity index (χ1n) is 8.84. The number of carboxylic acid groups (broad SMARTS) is 1. The van der Waals surface area contributed by atoms with Crippen LogP contribution < -0.4 is 5.32 Å². The third kappa shape index (κ3) is 3.32. The predicted molar refractivity (Wildman–Crippen MR) is 97.3 cm³/mol. The number of hydrogen-bond donors (Lipinski definition) is 2. The maximum atomic E-state index is 11.2. The Morgan fingerprint density at radius 1 is 1.46 bits per heavy atom. The lowest BCUT2D eigenvalue weighted by Crippen LogP contribution is -2.58. The molecule has 1 aliphatic carbocycles. The van der Waals surface area contributed by atoms with Gasteiger partial charge in [0.25, 0.3) is 0 Å². The molecule has 2 aliphatic rings. The summed E-state index contributed by atoms with van der Waals surface area (Å²) in [4.78, 5) is 13.8. The van der Waals surface area contributed by atoms with E-state index in [0.717, 1.165) is 42.9 Å². The second-order valence-electron chi connectivity index (χ2n) is 7.21. The second-order valence-corrected chi connectivity index (χ2v) is 8.09. The number of nitrogens with zero attached hydrogens (tertiary/aromatic N) is 1. The molecule has 1 saturated heterocycles. The lowest BCUT2D eigenvalue weighted by Gasteiger charge is -2.49. The Hall–Kier alpha value is -1.11. The molecule has 0 aromatic carbocycles. The normalized spacial score (nSPS) is 28.5. The zero-order valence-corrected chi connectivity index (χ0v) is 15.6. The molecule has 134 valence electrons. The average Bonchev–Trinajstić information content (AvgIpc) is 2.89. The van der Waals surface area contributed by atoms with Gasteiger partial charge < -0.3 is 15.2 Å². The lowest BCUT2D eigenvalue weighted by molar-refractivity contribution is -0.0600. The van der Waals surface area contributed by atoms with Gasteiger partial charge in [0.05, 0.1) is 16.7 Å². The highest BCUT2D eigenvalue weighted by atomic mass is 32.1. The van der Waals surface area contributed by atoms with E-state index in [9.17, 15) is 9.90 Å². The van der Waals surface area contributed by atoms with Crippen molar-refractivity contribution in [2.75, 3.05) is 25.5 Å². The van der Waals surface area contributed by atoms with Crippen molar-refractivity contribution in [1.29, 1.82) is 0 Å². The monoisotopic (exact) mass is 352 g/mol. The fourth-order valence-corrected chi connectivity index (χ4v) is 5.07. The summed E-state index contributed by atoms with van der Waals surface area (Å²) >= 11 is 1.52. The van der Waals surface area contributed by atoms with E-state index < -0.39 is 5.97 Å². The summed E-state index contributed by atoms with van der Waals surface area (Å²) in [7, 11) is 1.80. The fourth-order valence-electron chi connectivity index (χ4n) is 4.00. The van der Waals surface area contributed by atoms with Crippen molar-refractivity contribution in [3.8, 4) is 0 Å². The van der Waals surface area contributed by atoms with E-state index in [-0.39, 0.29) is 5.54 Å². The van der Waals surface area contributed by atoms with Crippen molar-refractivity contribution in [2.24, 2.45) is 0 Å². The van der Waals surface area contributed by atoms with Crippen LogP contribution in [0.15, 0.2) is 5.38 Å². The maximum absolute atomic E-state index is 11.2. The third-order valence-corrected chi connectivity index (χ3v) is 6.96. The first-order valence-corrected chi connectivity index (χ1v) is 9.72. The van der Waals surface area contributed by atoms with Crippen molar-refractivity contribution >= 4 is 22.3 Å². The molecule has 24 heavy (non-hydrogen) atoms. The van der Waals surface area contributed by atoms with Gasteiger partial charge in [-0.15, -0.1) is 11.3 Å². The number of thiophene rings is 1. The lowest BCUT2D eigenvalue weighted by atomic mass is 9.76. The van der Waals surface area contributed by atoms with E-state index in [1.54, 1.807) is 12.5 Å². The van der Waals surface area contributed by atoms with Crippen LogP contribution in [0.25, 0.3) is 0 Å². The van der Waals surface area contributed by atoms with E-state index in [0.29, 0.717) is 17.7 Å². The van der Waals surface area contributed by atoms with Gasteiger partial charge >= 0.3 is 5.97 Å². The smallest absolute Gasteiger partial charge is 0.336 e. The molecule has 2 fully saturated rings. The molecule has 0 spiro atoms. The van der Waals surface area contributed by atoms with E-state index in [2.05, 4.69) is 17.1 Å². The molecule has 0 amide bonds. The molecule has 1 aromatic rings. The molecule has 1 aliphatic heterocycles. The van der Waals surface area contributed by atoms with Gasteiger partial charge in [-0.05, 0) is 44.6 Å². The minimum Gasteiger partial charge on any atom is -0.478 e. The van der Waals surface area contributed by atoms with Crippen LogP contribution in [0.3, 0.4) is 0 Å². The zero-order valence-electron chi connectivity index (χ0n) is 14.8. The summed E-state index contributed by atoms with van der Waals surface area (Å²) in [6.07, 6.45) is 6.18. The molecule has 0 bridgehead atoms. The van der Waals surface area contributed by atoms with E-state index >= 15 is 0 Å². The Kier molecular flexibility index (Phi) is 5.18. The predicted octanol–water partition coefficient (Wildman–Crippen LogP) is 3.59. The van der Waals surface area contributed by atoms with Crippen LogP contribution in [-0.2, 0) is 4.74 Å². The van der Waals surface area contributed by atoms with Gasteiger partial charge in [-0.25, -0.2) is 4.79 Å². The largest absolute Gasteiger partial charge is 0.478 e. The van der Waals surface area contributed by atoms with Crippen LogP contribution in [0, 0.1) is 6.92 Å². The molecule has 0 radical (unpaired) electrons. The third-order valence-electron chi connectivity index (χ3n) is 5.96. The molecular formula is C18H28N2O3S. The first kappa shape index (κ1) is 17.7. The Balaban J connectivity index is 1.61. The van der Waals surface area contributed by atoms with Crippen LogP contribution in [-0.4, -0.2) is 53.9 Å². The highest BCUT2D eigenvalue weighted by Crippen LogP contribution is 2.40. The average molecular weight is 353 g/mol. The number of hydrogen-bond acceptors (Lipinski definition) is 5. The fraction of sp³-hybridized carbons (Fsp3) is 0.722. The minimum absolute atomic E-state index is 0.105. The second kappa shape index (κ2) is 7.02. The van der Waals surface area contributed by atoms with Crippen LogP contribution in [0.4, 0.5) is 5.00 Å². The molecule has 0 atom stereocenters. The summed E-state index contributed by atoms with van der Waals surface area (Å²) in [6, 6.07) is 0.678. The summed E-state index contributed by atoms with van der Waals surface area (Å²) in [5.74, 6) is -0.837. The Morgan fingerprint density at radius 2 is 2.12 bits per heavy atom. The van der Waals surface area contributed by atoms with Crippen LogP contribution >= 0.6 is 11.3 Å². The standard InChI is InChI=1S/C18H28N2O3S/c1-4-18(19-16-12(2)15(11-24-16)17(21)22)7-5-13(6-8-18)20-9-14(10-20)23-3/h11,13-14,19H,4-10H2,1-3H3,(H,21,22). The van der Waals surface area contributed by atoms with E-state index in [1.165, 1.54) is 24.2 Å². The summed E-state index contributed by atoms with van der Waals surface area (Å²) < 4.78 is 5.38. The van der Waals surface area contributed by atoms with E-state index in [1.807, 2.05) is 6.92 Å². The Bertz CT molecular complexity index is 587. The van der Waals surface area contributed by atoms with Gasteiger partial charge in [0.1, 0.15) is 0 Å². The molecule has 2 heterocycles. The summed E-state index contributed by atoms with van der Waals surface area (Å²) in [5, 5.41) is 15.7. The highest BCUT2D eigenvalue weighted by Gasteiger charge is 2.39. The quantitative estimate of drug-likeness (QED) is 0.819. The summed E-state index contributed by atoms with van der Waals surface area (Å²) in [5.41, 5.74) is 1.40. The Labute approximate surface area is 148 Å². The number of rotatable bonds is 6. The van der Waals surface area contributed by atoms with E-state index in [4.69, 9.17) is 4.74 Å². The van der Waals surface area contributed by atoms with Crippen molar-refractivity contribution in [3.63, 3.8) is 0 Å². The van der Waals surface area contributed by atoms with Gasteiger partial charge in [-0.2, -0.15) is 0 Å². The number of methoxy groups -OCH3 is 1. The molecule has 3 rings (SSSR count). The van der Waals surface area contributed by atoms with Gasteiger partial charge in [-0.3, -0.25) is 4.90 Å². The number of carboxylic acids is 1. The van der Waals surface area contributed by atoms with Crippen molar-refractivity contribution in [2.45, 2.75) is 63.6 Å². The van der Waals surface area contributed by atoms with Gasteiger partial charge in [0, 0.05) is 37.2 Å². The summed E-state index contributed by atoms with van der Waals surface area (Å²) in [6.45, 7) is 6.28. The first-order chi connectivity index (χ1) is 11.5. The number of likely N-dealkylation sites (tertiary alicyclic amines) is 1. The molecule has 2 N–H and O–H groups in total. The SMILES string of the molecule is CCC1(Nc2scc(C(=O)O)c2C)CCC(N2CC(OC)C2)CC1. The van der Waals surface area contributed by atoms with Crippen LogP contribution in [0.2, 0.25) is 0 Å². The molecular weight excluding hydrogens is 324 g/mol. The van der Waals surface area contributed by atoms with Gasteiger partial charge in [0.15, 0.2) is 0 Å². The molecule has 1 aromatic heterocycles. The van der Waals surface area contributed by atoms with Crippen LogP contribution in [0.1, 0.15) is 54.9 Å². The van der Waals surface area contributed by atoms with Gasteiger partial charge in [0.2, 0.25) is 0 Å². The number of ether oxygens (including phenoxy) is 1. The van der Waals surface area contributed by atoms with Gasteiger partial charge in [-0.1, -0.05) is 6.92 Å². The maximum Gasteiger partial charge on any atom is 0.336 e. The molecule has 0 unspecified atom stereocenters. The van der Waals surface area contributed by atoms with Crippen LogP contribution in [0.5, 0.6) is 0 Å². The number of carbonyl (C=O) groups is 1. The minimum atomic E-state index is -0.837. The van der Waals surface area contributed by atoms with Crippen molar-refractivity contribution in [1.82, 2.24) is 4.90 Å². The molecule has 6 heteroatoms. The number of aromatic carboxylic acids is 1. The number of nitrogens with one attached hydrogen (secondary N) is 1. The molecule has 1 saturated carbocycles. The Morgan fingerprint density at radius 3 is 2.62 bits per heavy atom. The topological polar surface area (TPSA) is 61.8 Å². The highest BCUT2D eigenvalue weighted by molar-refractivity contribution is 7.14. The zero-order chi connectivity index (χ0) is 17.3. The van der Waals surface area contributed by atoms with Crippen molar-refractivity contribution in [3.05, 3.63) is 16.5 Å².